The minimum absolute atomic E-state index is 0.0190. The average Bonchev–Trinajstić information content (AvgIpc) is 2.73. The van der Waals surface area contributed by atoms with Gasteiger partial charge in [-0.25, -0.2) is 0 Å². The van der Waals surface area contributed by atoms with E-state index < -0.39 is 0 Å². The van der Waals surface area contributed by atoms with Gasteiger partial charge in [0, 0.05) is 61.9 Å². The topological polar surface area (TPSA) is 56.3 Å². The van der Waals surface area contributed by atoms with Gasteiger partial charge in [0.2, 0.25) is 11.8 Å². The Bertz CT molecular complexity index is 537. The van der Waals surface area contributed by atoms with Gasteiger partial charge in [-0.2, -0.15) is 0 Å². The lowest BCUT2D eigenvalue weighted by Gasteiger charge is -2.37. The number of hydrogen-bond donors (Lipinski definition) is 0. The summed E-state index contributed by atoms with van der Waals surface area (Å²) in [5.41, 5.74) is -0.323. The van der Waals surface area contributed by atoms with E-state index in [1.165, 1.54) is 0 Å². The Labute approximate surface area is 218 Å². The number of carbonyl (C=O) groups is 2. The van der Waals surface area contributed by atoms with Crippen LogP contribution >= 0.6 is 0 Å². The molecule has 0 heterocycles. The van der Waals surface area contributed by atoms with Crippen LogP contribution in [0.3, 0.4) is 0 Å². The van der Waals surface area contributed by atoms with Crippen molar-refractivity contribution >= 4 is 11.8 Å². The zero-order valence-corrected chi connectivity index (χ0v) is 25.8. The Morgan fingerprint density at radius 2 is 0.914 bits per heavy atom. The van der Waals surface area contributed by atoms with Crippen LogP contribution < -0.4 is 0 Å². The summed E-state index contributed by atoms with van der Waals surface area (Å²) in [6, 6.07) is 0. The van der Waals surface area contributed by atoms with Crippen LogP contribution in [0.1, 0.15) is 69.2 Å². The highest BCUT2D eigenvalue weighted by atomic mass is 16.5. The summed E-state index contributed by atoms with van der Waals surface area (Å²) < 4.78 is 6.20. The van der Waals surface area contributed by atoms with Crippen LogP contribution in [-0.4, -0.2) is 112 Å². The van der Waals surface area contributed by atoms with E-state index in [2.05, 4.69) is 37.5 Å². The molecule has 0 atom stereocenters. The second kappa shape index (κ2) is 17.3. The molecule has 7 heteroatoms. The summed E-state index contributed by atoms with van der Waals surface area (Å²) in [4.78, 5) is 33.6. The molecule has 0 aliphatic rings. The zero-order chi connectivity index (χ0) is 28.0. The monoisotopic (exact) mass is 500 g/mol. The lowest BCUT2D eigenvalue weighted by molar-refractivity contribution is -0.137. The summed E-state index contributed by atoms with van der Waals surface area (Å²) in [7, 11) is 8.11. The van der Waals surface area contributed by atoms with Gasteiger partial charge in [0.15, 0.2) is 0 Å². The van der Waals surface area contributed by atoms with Crippen molar-refractivity contribution in [2.45, 2.75) is 69.2 Å². The molecule has 2 amide bonds. The van der Waals surface area contributed by atoms with Gasteiger partial charge in [-0.1, -0.05) is 69.2 Å². The smallest absolute Gasteiger partial charge is 0.225 e. The summed E-state index contributed by atoms with van der Waals surface area (Å²) in [5.74, 6) is 0.340. The van der Waals surface area contributed by atoms with E-state index in [1.807, 2.05) is 79.5 Å². The van der Waals surface area contributed by atoms with Crippen molar-refractivity contribution in [1.82, 2.24) is 19.6 Å². The van der Waals surface area contributed by atoms with Gasteiger partial charge >= 0.3 is 0 Å². The van der Waals surface area contributed by atoms with E-state index in [4.69, 9.17) is 4.74 Å². The zero-order valence-electron chi connectivity index (χ0n) is 25.8. The molecule has 0 spiro atoms. The van der Waals surface area contributed by atoms with E-state index in [-0.39, 0.29) is 34.5 Å². The SMILES string of the molecule is CC.CC(C)C(=O)N(CCN(C)C)CC(C)(C)COCC(C)(C)CN(CCN(C)C)C(=O)C(C)C. The minimum atomic E-state index is -0.161. The maximum Gasteiger partial charge on any atom is 0.225 e. The van der Waals surface area contributed by atoms with E-state index >= 15 is 0 Å². The third-order valence-corrected chi connectivity index (χ3v) is 5.47. The number of amides is 2. The van der Waals surface area contributed by atoms with Crippen molar-refractivity contribution in [3.8, 4) is 0 Å². The molecular weight excluding hydrogens is 440 g/mol. The fourth-order valence-corrected chi connectivity index (χ4v) is 3.63. The lowest BCUT2D eigenvalue weighted by atomic mass is 9.91. The summed E-state index contributed by atoms with van der Waals surface area (Å²) in [5, 5.41) is 0. The highest BCUT2D eigenvalue weighted by molar-refractivity contribution is 5.78. The molecule has 0 fully saturated rings. The van der Waals surface area contributed by atoms with E-state index in [1.54, 1.807) is 0 Å². The number of carbonyl (C=O) groups excluding carboxylic acids is 2. The van der Waals surface area contributed by atoms with Gasteiger partial charge < -0.3 is 24.3 Å². The molecule has 0 bridgehead atoms. The Morgan fingerprint density at radius 1 is 0.629 bits per heavy atom. The summed E-state index contributed by atoms with van der Waals surface area (Å²) >= 11 is 0. The Hall–Kier alpha value is -1.18. The molecule has 0 N–H and O–H groups in total. The van der Waals surface area contributed by atoms with Crippen molar-refractivity contribution in [2.75, 3.05) is 80.7 Å². The predicted molar refractivity (Wildman–Crippen MR) is 150 cm³/mol. The summed E-state index contributed by atoms with van der Waals surface area (Å²) in [6.07, 6.45) is 0. The van der Waals surface area contributed by atoms with Crippen molar-refractivity contribution in [3.05, 3.63) is 0 Å². The normalized spacial score (nSPS) is 12.3. The van der Waals surface area contributed by atoms with Crippen LogP contribution in [-0.2, 0) is 14.3 Å². The Kier molecular flexibility index (Phi) is 17.8. The molecule has 0 aromatic heterocycles. The molecule has 0 aliphatic heterocycles. The highest BCUT2D eigenvalue weighted by Crippen LogP contribution is 2.23. The van der Waals surface area contributed by atoms with Gasteiger partial charge in [-0.3, -0.25) is 9.59 Å². The van der Waals surface area contributed by atoms with E-state index in [0.29, 0.717) is 26.3 Å². The second-order valence-corrected chi connectivity index (χ2v) is 12.3. The third-order valence-electron chi connectivity index (χ3n) is 5.47. The fourth-order valence-electron chi connectivity index (χ4n) is 3.63. The molecule has 0 unspecified atom stereocenters. The quantitative estimate of drug-likeness (QED) is 0.318. The number of rotatable bonds is 16. The first kappa shape index (κ1) is 36.0. The van der Waals surface area contributed by atoms with Crippen LogP contribution in [0.25, 0.3) is 0 Å². The first-order valence-corrected chi connectivity index (χ1v) is 13.4. The molecule has 0 rings (SSSR count). The Morgan fingerprint density at radius 3 is 1.14 bits per heavy atom. The van der Waals surface area contributed by atoms with Crippen molar-refractivity contribution in [3.63, 3.8) is 0 Å². The maximum atomic E-state index is 12.7. The molecule has 0 aliphatic carbocycles. The molecule has 0 aromatic rings. The number of nitrogens with zero attached hydrogens (tertiary/aromatic N) is 4. The van der Waals surface area contributed by atoms with Crippen LogP contribution in [0.2, 0.25) is 0 Å². The highest BCUT2D eigenvalue weighted by Gasteiger charge is 2.30. The first-order valence-electron chi connectivity index (χ1n) is 13.4. The second-order valence-electron chi connectivity index (χ2n) is 12.3. The van der Waals surface area contributed by atoms with Crippen molar-refractivity contribution < 1.29 is 14.3 Å². The van der Waals surface area contributed by atoms with Crippen LogP contribution in [0.15, 0.2) is 0 Å². The van der Waals surface area contributed by atoms with E-state index in [9.17, 15) is 9.59 Å². The molecule has 210 valence electrons. The van der Waals surface area contributed by atoms with Crippen LogP contribution in [0.5, 0.6) is 0 Å². The van der Waals surface area contributed by atoms with Crippen LogP contribution in [0.4, 0.5) is 0 Å². The summed E-state index contributed by atoms with van der Waals surface area (Å²) in [6.45, 7) is 26.0. The molecular formula is C28H60N4O3. The van der Waals surface area contributed by atoms with Crippen LogP contribution in [0, 0.1) is 22.7 Å². The number of hydrogen-bond acceptors (Lipinski definition) is 5. The van der Waals surface area contributed by atoms with E-state index in [0.717, 1.165) is 26.2 Å². The molecule has 0 radical (unpaired) electrons. The molecule has 0 saturated heterocycles. The largest absolute Gasteiger partial charge is 0.380 e. The average molecular weight is 501 g/mol. The van der Waals surface area contributed by atoms with Crippen molar-refractivity contribution in [2.24, 2.45) is 22.7 Å². The number of likely N-dealkylation sites (N-methyl/N-ethyl adjacent to an activating group) is 2. The lowest BCUT2D eigenvalue weighted by Crippen LogP contribution is -2.46. The third kappa shape index (κ3) is 17.0. The van der Waals surface area contributed by atoms with Gasteiger partial charge in [0.1, 0.15) is 0 Å². The maximum absolute atomic E-state index is 12.7. The standard InChI is InChI=1S/C26H54N4O3.C2H6/c1-21(2)23(31)29(15-13-27(9)10)17-25(5,6)19-33-20-26(7,8)18-30(16-14-28(11)12)24(32)22(3)4;1-2/h21-22H,13-20H2,1-12H3;1-2H3. The molecule has 35 heavy (non-hydrogen) atoms. The number of ether oxygens (including phenoxy) is 1. The van der Waals surface area contributed by atoms with Gasteiger partial charge in [0.25, 0.3) is 0 Å². The minimum Gasteiger partial charge on any atom is -0.380 e. The van der Waals surface area contributed by atoms with Crippen molar-refractivity contribution in [1.29, 1.82) is 0 Å². The molecule has 0 saturated carbocycles. The first-order chi connectivity index (χ1) is 16.0. The molecule has 7 nitrogen and oxygen atoms in total. The van der Waals surface area contributed by atoms with Gasteiger partial charge in [-0.05, 0) is 28.2 Å². The molecule has 0 aromatic carbocycles. The Balaban J connectivity index is 0. The predicted octanol–water partition coefficient (Wildman–Crippen LogP) is 4.17. The van der Waals surface area contributed by atoms with Gasteiger partial charge in [-0.15, -0.1) is 0 Å². The van der Waals surface area contributed by atoms with Gasteiger partial charge in [0.05, 0.1) is 13.2 Å². The fraction of sp³-hybridized carbons (Fsp3) is 0.929.